The van der Waals surface area contributed by atoms with E-state index >= 15 is 0 Å². The number of carbonyl (C=O) groups excluding carboxylic acids is 4. The van der Waals surface area contributed by atoms with E-state index in [4.69, 9.17) is 18.9 Å². The summed E-state index contributed by atoms with van der Waals surface area (Å²) in [7, 11) is 0. The second-order valence-electron chi connectivity index (χ2n) is 11.3. The van der Waals surface area contributed by atoms with E-state index in [2.05, 4.69) is 0 Å². The zero-order valence-corrected chi connectivity index (χ0v) is 26.7. The van der Waals surface area contributed by atoms with Crippen molar-refractivity contribution in [2.45, 2.75) is 50.6 Å². The average Bonchev–Trinajstić information content (AvgIpc) is 3.35. The molecule has 0 aromatic heterocycles. The van der Waals surface area contributed by atoms with E-state index in [9.17, 15) is 19.2 Å². The van der Waals surface area contributed by atoms with Gasteiger partial charge in [0.2, 0.25) is 0 Å². The van der Waals surface area contributed by atoms with Crippen LogP contribution in [0.5, 0.6) is 0 Å². The first-order valence-corrected chi connectivity index (χ1v) is 15.7. The van der Waals surface area contributed by atoms with Gasteiger partial charge in [0.25, 0.3) is 0 Å². The molecule has 9 heteroatoms. The highest BCUT2D eigenvalue weighted by atomic mass is 32.2. The molecule has 0 spiro atoms. The largest absolute Gasteiger partial charge is 0.461 e. The number of hydrogen-bond donors (Lipinski definition) is 0. The van der Waals surface area contributed by atoms with Gasteiger partial charge in [-0.3, -0.25) is 0 Å². The van der Waals surface area contributed by atoms with Crippen LogP contribution in [0, 0.1) is 27.7 Å². The Labute approximate surface area is 272 Å². The lowest BCUT2D eigenvalue weighted by atomic mass is 10.1. The third kappa shape index (κ3) is 8.03. The van der Waals surface area contributed by atoms with Gasteiger partial charge in [-0.1, -0.05) is 70.8 Å². The van der Waals surface area contributed by atoms with Crippen molar-refractivity contribution in [3.63, 3.8) is 0 Å². The molecule has 46 heavy (non-hydrogen) atoms. The zero-order valence-electron chi connectivity index (χ0n) is 25.9. The minimum absolute atomic E-state index is 0.208. The molecule has 1 fully saturated rings. The molecular weight excluding hydrogens is 604 g/mol. The molecule has 4 aromatic rings. The number of aryl methyl sites for hydroxylation is 4. The number of benzene rings is 4. The van der Waals surface area contributed by atoms with E-state index in [0.29, 0.717) is 11.1 Å². The molecule has 0 bridgehead atoms. The van der Waals surface area contributed by atoms with Crippen LogP contribution in [0.25, 0.3) is 0 Å². The number of hydrogen-bond acceptors (Lipinski definition) is 9. The van der Waals surface area contributed by atoms with Gasteiger partial charge >= 0.3 is 23.9 Å². The van der Waals surface area contributed by atoms with Gasteiger partial charge in [0, 0.05) is 0 Å². The van der Waals surface area contributed by atoms with Crippen LogP contribution in [0.15, 0.2) is 97.1 Å². The number of carbonyl (C=O) groups is 4. The fourth-order valence-electron chi connectivity index (χ4n) is 4.74. The third-order valence-corrected chi connectivity index (χ3v) is 8.89. The third-order valence-electron chi connectivity index (χ3n) is 7.50. The Hall–Kier alpha value is -4.89. The Morgan fingerprint density at radius 3 is 1.20 bits per heavy atom. The first-order chi connectivity index (χ1) is 22.1. The SMILES string of the molecule is Cc1ccc(C(=O)OC[C@@H]2SC(OC(=O)c3ccc(C)cc3)[C@@H](OC(=O)c3ccc(C)cc3)[C@H]2OC(=O)c2ccc(C)cc2)cc1. The predicted molar refractivity (Wildman–Crippen MR) is 174 cm³/mol. The van der Waals surface area contributed by atoms with Crippen LogP contribution in [0.2, 0.25) is 0 Å². The molecule has 1 heterocycles. The Morgan fingerprint density at radius 2 is 0.804 bits per heavy atom. The molecule has 0 amide bonds. The molecule has 0 N–H and O–H groups in total. The first-order valence-electron chi connectivity index (χ1n) is 14.8. The number of esters is 4. The summed E-state index contributed by atoms with van der Waals surface area (Å²) in [5.41, 5.74) is 4.01. The molecule has 0 aliphatic carbocycles. The maximum Gasteiger partial charge on any atom is 0.339 e. The Bertz CT molecular complexity index is 1700. The van der Waals surface area contributed by atoms with Gasteiger partial charge in [0.05, 0.1) is 27.5 Å². The van der Waals surface area contributed by atoms with E-state index in [1.807, 2.05) is 27.7 Å². The van der Waals surface area contributed by atoms with Crippen molar-refractivity contribution in [3.8, 4) is 0 Å². The van der Waals surface area contributed by atoms with Crippen LogP contribution in [-0.4, -0.2) is 53.4 Å². The molecular formula is C37H34O8S. The molecule has 1 aliphatic rings. The topological polar surface area (TPSA) is 105 Å². The fraction of sp³-hybridized carbons (Fsp3) is 0.243. The first kappa shape index (κ1) is 32.5. The number of ether oxygens (including phenoxy) is 4. The minimum Gasteiger partial charge on any atom is -0.461 e. The Kier molecular flexibility index (Phi) is 10.2. The van der Waals surface area contributed by atoms with Gasteiger partial charge in [-0.05, 0) is 76.2 Å². The highest BCUT2D eigenvalue weighted by molar-refractivity contribution is 8.00. The summed E-state index contributed by atoms with van der Waals surface area (Å²) in [6, 6.07) is 27.4. The molecule has 4 aromatic carbocycles. The molecule has 236 valence electrons. The van der Waals surface area contributed by atoms with E-state index < -0.39 is 46.8 Å². The molecule has 8 nitrogen and oxygen atoms in total. The van der Waals surface area contributed by atoms with Crippen LogP contribution in [0.1, 0.15) is 63.7 Å². The molecule has 0 radical (unpaired) electrons. The van der Waals surface area contributed by atoms with Gasteiger partial charge in [-0.25, -0.2) is 19.2 Å². The van der Waals surface area contributed by atoms with Crippen LogP contribution in [0.4, 0.5) is 0 Å². The number of thioether (sulfide) groups is 1. The lowest BCUT2D eigenvalue weighted by Crippen LogP contribution is -2.42. The standard InChI is InChI=1S/C37H34O8S/c1-22-5-13-26(14-6-22)33(38)42-21-30-31(43-34(39)27-15-7-23(2)8-16-27)32(44-35(40)28-17-9-24(3)10-18-28)37(46-30)45-36(41)29-19-11-25(4)12-20-29/h5-20,30-32,37H,21H2,1-4H3/t30-,31-,32-,37?/m0/s1. The summed E-state index contributed by atoms with van der Waals surface area (Å²) in [6.45, 7) is 7.40. The van der Waals surface area contributed by atoms with Crippen molar-refractivity contribution < 1.29 is 38.1 Å². The number of rotatable bonds is 9. The smallest absolute Gasteiger partial charge is 0.339 e. The average molecular weight is 639 g/mol. The highest BCUT2D eigenvalue weighted by Gasteiger charge is 2.52. The lowest BCUT2D eigenvalue weighted by Gasteiger charge is -2.25. The van der Waals surface area contributed by atoms with Gasteiger partial charge < -0.3 is 18.9 Å². The monoisotopic (exact) mass is 638 g/mol. The van der Waals surface area contributed by atoms with E-state index in [1.54, 1.807) is 97.1 Å². The van der Waals surface area contributed by atoms with Crippen LogP contribution in [0.3, 0.4) is 0 Å². The molecule has 4 atom stereocenters. The second kappa shape index (κ2) is 14.5. The van der Waals surface area contributed by atoms with Crippen molar-refractivity contribution in [1.29, 1.82) is 0 Å². The van der Waals surface area contributed by atoms with Gasteiger partial charge in [0.1, 0.15) is 6.61 Å². The van der Waals surface area contributed by atoms with Gasteiger partial charge in [0.15, 0.2) is 17.6 Å². The van der Waals surface area contributed by atoms with Crippen molar-refractivity contribution in [2.75, 3.05) is 6.61 Å². The van der Waals surface area contributed by atoms with Crippen molar-refractivity contribution in [3.05, 3.63) is 142 Å². The van der Waals surface area contributed by atoms with Crippen molar-refractivity contribution >= 4 is 35.6 Å². The molecule has 1 saturated heterocycles. The van der Waals surface area contributed by atoms with Crippen LogP contribution < -0.4 is 0 Å². The second-order valence-corrected chi connectivity index (χ2v) is 12.6. The van der Waals surface area contributed by atoms with Crippen LogP contribution >= 0.6 is 11.8 Å². The fourth-order valence-corrected chi connectivity index (χ4v) is 6.11. The Balaban J connectivity index is 1.45. The summed E-state index contributed by atoms with van der Waals surface area (Å²) in [5.74, 6) is -2.56. The van der Waals surface area contributed by atoms with Crippen molar-refractivity contribution in [2.24, 2.45) is 0 Å². The minimum atomic E-state index is -1.22. The summed E-state index contributed by atoms with van der Waals surface area (Å²) < 4.78 is 23.5. The predicted octanol–water partition coefficient (Wildman–Crippen LogP) is 6.83. The maximum absolute atomic E-state index is 13.4. The van der Waals surface area contributed by atoms with E-state index in [0.717, 1.165) is 34.0 Å². The zero-order chi connectivity index (χ0) is 32.8. The van der Waals surface area contributed by atoms with Gasteiger partial charge in [-0.15, -0.1) is 11.8 Å². The molecule has 0 saturated carbocycles. The van der Waals surface area contributed by atoms with Crippen LogP contribution in [-0.2, 0) is 18.9 Å². The van der Waals surface area contributed by atoms with E-state index in [-0.39, 0.29) is 17.7 Å². The summed E-state index contributed by atoms with van der Waals surface area (Å²) >= 11 is 1.10. The maximum atomic E-state index is 13.4. The summed E-state index contributed by atoms with van der Waals surface area (Å²) in [5, 5.41) is -0.740. The normalized spacial score (nSPS) is 18.8. The van der Waals surface area contributed by atoms with Crippen molar-refractivity contribution in [1.82, 2.24) is 0 Å². The highest BCUT2D eigenvalue weighted by Crippen LogP contribution is 2.40. The summed E-state index contributed by atoms with van der Waals surface area (Å²) in [6.07, 6.45) is -2.35. The molecule has 1 aliphatic heterocycles. The quantitative estimate of drug-likeness (QED) is 0.144. The summed E-state index contributed by atoms with van der Waals surface area (Å²) in [4.78, 5) is 52.9. The lowest BCUT2D eigenvalue weighted by molar-refractivity contribution is -0.0607. The van der Waals surface area contributed by atoms with Gasteiger partial charge in [-0.2, -0.15) is 0 Å². The van der Waals surface area contributed by atoms with E-state index in [1.165, 1.54) is 0 Å². The molecule has 1 unspecified atom stereocenters. The Morgan fingerprint density at radius 1 is 0.478 bits per heavy atom. The molecule has 5 rings (SSSR count).